The largest absolute Gasteiger partial charge is 0.348 e. The summed E-state index contributed by atoms with van der Waals surface area (Å²) in [4.78, 5) is 21.5. The van der Waals surface area contributed by atoms with Crippen molar-refractivity contribution in [2.45, 2.75) is 19.9 Å². The van der Waals surface area contributed by atoms with E-state index in [0.29, 0.717) is 13.0 Å². The van der Waals surface area contributed by atoms with Gasteiger partial charge in [-0.15, -0.1) is 0 Å². The van der Waals surface area contributed by atoms with Crippen LogP contribution in [0.15, 0.2) is 0 Å². The third-order valence-corrected chi connectivity index (χ3v) is 1.59. The first-order valence-corrected chi connectivity index (χ1v) is 4.01. The van der Waals surface area contributed by atoms with Crippen molar-refractivity contribution in [3.05, 3.63) is 0 Å². The number of nitrogens with one attached hydrogen (secondary N) is 2. The van der Waals surface area contributed by atoms with Crippen molar-refractivity contribution in [2.24, 2.45) is 5.92 Å². The summed E-state index contributed by atoms with van der Waals surface area (Å²) in [5.41, 5.74) is 0. The molecular formula is C8H16N2O2. The summed E-state index contributed by atoms with van der Waals surface area (Å²) in [6, 6.07) is -0.396. The van der Waals surface area contributed by atoms with Crippen LogP contribution in [0.2, 0.25) is 0 Å². The maximum Gasteiger partial charge on any atom is 0.207 e. The number of carbonyl (C=O) groups is 2. The number of rotatable bonds is 6. The minimum atomic E-state index is -0.396. The third kappa shape index (κ3) is 3.48. The molecule has 0 saturated heterocycles. The molecule has 1 amide bonds. The first-order valence-electron chi connectivity index (χ1n) is 4.01. The number of Topliss-reactive ketones (excluding diaryl/α,β-unsaturated/α-hetero) is 1. The van der Waals surface area contributed by atoms with Crippen LogP contribution in [0.25, 0.3) is 0 Å². The van der Waals surface area contributed by atoms with Crippen LogP contribution >= 0.6 is 0 Å². The molecule has 0 aromatic rings. The summed E-state index contributed by atoms with van der Waals surface area (Å²) in [6.07, 6.45) is 0.558. The van der Waals surface area contributed by atoms with Gasteiger partial charge in [-0.2, -0.15) is 0 Å². The van der Waals surface area contributed by atoms with Crippen molar-refractivity contribution >= 4 is 12.2 Å². The molecule has 4 heteroatoms. The molecule has 0 aromatic carbocycles. The van der Waals surface area contributed by atoms with Gasteiger partial charge in [-0.3, -0.25) is 9.59 Å². The van der Waals surface area contributed by atoms with E-state index in [1.807, 2.05) is 13.8 Å². The Morgan fingerprint density at radius 2 is 2.08 bits per heavy atom. The lowest BCUT2D eigenvalue weighted by atomic mass is 10.0. The third-order valence-electron chi connectivity index (χ3n) is 1.59. The van der Waals surface area contributed by atoms with Crippen molar-refractivity contribution in [1.82, 2.24) is 10.6 Å². The fraction of sp³-hybridized carbons (Fsp3) is 0.750. The molecule has 0 saturated carbocycles. The smallest absolute Gasteiger partial charge is 0.207 e. The Bertz CT molecular complexity index is 157. The molecule has 0 fully saturated rings. The molecule has 0 bridgehead atoms. The second-order valence-corrected chi connectivity index (χ2v) is 2.95. The second-order valence-electron chi connectivity index (χ2n) is 2.95. The highest BCUT2D eigenvalue weighted by Gasteiger charge is 2.18. The number of ketones is 1. The maximum atomic E-state index is 11.4. The summed E-state index contributed by atoms with van der Waals surface area (Å²) in [5, 5.41) is 5.32. The number of carbonyl (C=O) groups excluding carboxylic acids is 2. The fourth-order valence-electron chi connectivity index (χ4n) is 0.930. The molecule has 1 atom stereocenters. The molecule has 0 spiro atoms. The van der Waals surface area contributed by atoms with E-state index in [0.717, 1.165) is 0 Å². The van der Waals surface area contributed by atoms with Crippen LogP contribution < -0.4 is 10.6 Å². The van der Waals surface area contributed by atoms with Gasteiger partial charge < -0.3 is 10.6 Å². The Labute approximate surface area is 72.7 Å². The standard InChI is InChI=1S/C8H16N2O2/c1-6(2)8(12)7(4-9-3)10-5-11/h5-7,9H,4H2,1-3H3,(H,10,11). The van der Waals surface area contributed by atoms with E-state index in [-0.39, 0.29) is 11.7 Å². The molecule has 0 aromatic heterocycles. The minimum Gasteiger partial charge on any atom is -0.348 e. The quantitative estimate of drug-likeness (QED) is 0.533. The van der Waals surface area contributed by atoms with Gasteiger partial charge in [-0.25, -0.2) is 0 Å². The van der Waals surface area contributed by atoms with Gasteiger partial charge in [0.05, 0.1) is 6.04 Å². The minimum absolute atomic E-state index is 0.0456. The molecule has 0 aliphatic rings. The lowest BCUT2D eigenvalue weighted by Crippen LogP contribution is -2.44. The van der Waals surface area contributed by atoms with Crippen LogP contribution in [0.5, 0.6) is 0 Å². The van der Waals surface area contributed by atoms with E-state index in [1.54, 1.807) is 7.05 Å². The molecule has 1 unspecified atom stereocenters. The molecule has 0 aliphatic carbocycles. The van der Waals surface area contributed by atoms with Crippen LogP contribution in [0.3, 0.4) is 0 Å². The maximum absolute atomic E-state index is 11.4. The van der Waals surface area contributed by atoms with Crippen LogP contribution in [0, 0.1) is 5.92 Å². The molecular weight excluding hydrogens is 156 g/mol. The summed E-state index contributed by atoms with van der Waals surface area (Å²) >= 11 is 0. The van der Waals surface area contributed by atoms with Crippen molar-refractivity contribution in [3.63, 3.8) is 0 Å². The zero-order valence-corrected chi connectivity index (χ0v) is 7.76. The molecule has 2 N–H and O–H groups in total. The van der Waals surface area contributed by atoms with Gasteiger partial charge >= 0.3 is 0 Å². The summed E-state index contributed by atoms with van der Waals surface area (Å²) < 4.78 is 0. The van der Waals surface area contributed by atoms with Gasteiger partial charge in [-0.1, -0.05) is 13.8 Å². The molecule has 0 aliphatic heterocycles. The van der Waals surface area contributed by atoms with E-state index in [9.17, 15) is 9.59 Å². The van der Waals surface area contributed by atoms with E-state index in [2.05, 4.69) is 10.6 Å². The lowest BCUT2D eigenvalue weighted by Gasteiger charge is -2.16. The fourth-order valence-corrected chi connectivity index (χ4v) is 0.930. The normalized spacial score (nSPS) is 12.7. The summed E-state index contributed by atoms with van der Waals surface area (Å²) in [6.45, 7) is 4.12. The van der Waals surface area contributed by atoms with Crippen LogP contribution in [0.4, 0.5) is 0 Å². The molecule has 12 heavy (non-hydrogen) atoms. The first-order chi connectivity index (χ1) is 5.63. The van der Waals surface area contributed by atoms with E-state index in [1.165, 1.54) is 0 Å². The average Bonchev–Trinajstić information content (AvgIpc) is 2.03. The average molecular weight is 172 g/mol. The van der Waals surface area contributed by atoms with Crippen LogP contribution in [-0.4, -0.2) is 31.8 Å². The summed E-state index contributed by atoms with van der Waals surface area (Å²) in [7, 11) is 1.74. The Balaban J connectivity index is 4.08. The zero-order valence-electron chi connectivity index (χ0n) is 7.76. The molecule has 0 rings (SSSR count). The van der Waals surface area contributed by atoms with Crippen molar-refractivity contribution in [1.29, 1.82) is 0 Å². The zero-order chi connectivity index (χ0) is 9.56. The topological polar surface area (TPSA) is 58.2 Å². The predicted octanol–water partition coefficient (Wildman–Crippen LogP) is -0.455. The number of hydrogen-bond acceptors (Lipinski definition) is 3. The summed E-state index contributed by atoms with van der Waals surface area (Å²) in [5.74, 6) is 0.00671. The first kappa shape index (κ1) is 11.1. The van der Waals surface area contributed by atoms with Crippen LogP contribution in [0.1, 0.15) is 13.8 Å². The van der Waals surface area contributed by atoms with Crippen LogP contribution in [-0.2, 0) is 9.59 Å². The lowest BCUT2D eigenvalue weighted by molar-refractivity contribution is -0.125. The van der Waals surface area contributed by atoms with Crippen molar-refractivity contribution in [2.75, 3.05) is 13.6 Å². The van der Waals surface area contributed by atoms with Gasteiger partial charge in [-0.05, 0) is 7.05 Å². The highest BCUT2D eigenvalue weighted by atomic mass is 16.1. The second kappa shape index (κ2) is 5.71. The van der Waals surface area contributed by atoms with Gasteiger partial charge in [0.1, 0.15) is 0 Å². The van der Waals surface area contributed by atoms with Gasteiger partial charge in [0.15, 0.2) is 5.78 Å². The Morgan fingerprint density at radius 3 is 2.42 bits per heavy atom. The Kier molecular flexibility index (Phi) is 5.28. The highest BCUT2D eigenvalue weighted by molar-refractivity contribution is 5.87. The van der Waals surface area contributed by atoms with Gasteiger partial charge in [0, 0.05) is 12.5 Å². The highest BCUT2D eigenvalue weighted by Crippen LogP contribution is 1.98. The van der Waals surface area contributed by atoms with E-state index in [4.69, 9.17) is 0 Å². The predicted molar refractivity (Wildman–Crippen MR) is 46.8 cm³/mol. The number of hydrogen-bond donors (Lipinski definition) is 2. The molecule has 0 heterocycles. The Hall–Kier alpha value is -0.900. The SMILES string of the molecule is CNCC(NC=O)C(=O)C(C)C. The van der Waals surface area contributed by atoms with E-state index >= 15 is 0 Å². The molecule has 4 nitrogen and oxygen atoms in total. The van der Waals surface area contributed by atoms with E-state index < -0.39 is 6.04 Å². The van der Waals surface area contributed by atoms with Crippen molar-refractivity contribution < 1.29 is 9.59 Å². The van der Waals surface area contributed by atoms with Crippen molar-refractivity contribution in [3.8, 4) is 0 Å². The van der Waals surface area contributed by atoms with Gasteiger partial charge in [0.2, 0.25) is 6.41 Å². The molecule has 70 valence electrons. The monoisotopic (exact) mass is 172 g/mol. The Morgan fingerprint density at radius 1 is 1.50 bits per heavy atom. The van der Waals surface area contributed by atoms with Gasteiger partial charge in [0.25, 0.3) is 0 Å². The number of amides is 1. The molecule has 0 radical (unpaired) electrons. The number of likely N-dealkylation sites (N-methyl/N-ethyl adjacent to an activating group) is 1.